The van der Waals surface area contributed by atoms with Gasteiger partial charge in [0.05, 0.1) is 5.70 Å². The molecule has 0 aliphatic heterocycles. The number of nitrogens with one attached hydrogen (secondary N) is 1. The fraction of sp³-hybridized carbons (Fsp3) is 0.400. The molecule has 0 unspecified atom stereocenters. The predicted molar refractivity (Wildman–Crippen MR) is 52.8 cm³/mol. The average Bonchev–Trinajstić information content (AvgIpc) is 2.18. The Morgan fingerprint density at radius 2 is 2.00 bits per heavy atom. The number of hydrogen-bond acceptors (Lipinski definition) is 4. The highest BCUT2D eigenvalue weighted by atomic mass is 16.7. The summed E-state index contributed by atoms with van der Waals surface area (Å²) in [6, 6.07) is 0. The molecule has 0 spiro atoms. The summed E-state index contributed by atoms with van der Waals surface area (Å²) in [5.74, 6) is -1.69. The van der Waals surface area contributed by atoms with E-state index in [1.807, 2.05) is 0 Å². The molecule has 0 aromatic carbocycles. The Hall–Kier alpha value is -1.46. The zero-order chi connectivity index (χ0) is 11.5. The van der Waals surface area contributed by atoms with Crippen LogP contribution in [0.4, 0.5) is 0 Å². The van der Waals surface area contributed by atoms with E-state index in [2.05, 4.69) is 5.32 Å². The first-order valence-corrected chi connectivity index (χ1v) is 4.37. The smallest absolute Gasteiger partial charge is 0.230 e. The molecular weight excluding hydrogens is 198 g/mol. The van der Waals surface area contributed by atoms with Gasteiger partial charge in [-0.1, -0.05) is 0 Å². The molecule has 0 radical (unpaired) electrons. The third-order valence-corrected chi connectivity index (χ3v) is 2.05. The monoisotopic (exact) mass is 211 g/mol. The van der Waals surface area contributed by atoms with Crippen LogP contribution in [0.25, 0.3) is 0 Å². The zero-order valence-electron chi connectivity index (χ0n) is 8.87. The molecule has 1 amide bonds. The van der Waals surface area contributed by atoms with E-state index in [4.69, 9.17) is 9.47 Å². The van der Waals surface area contributed by atoms with Gasteiger partial charge in [-0.3, -0.25) is 9.59 Å². The van der Waals surface area contributed by atoms with Crippen LogP contribution >= 0.6 is 0 Å². The molecule has 0 saturated heterocycles. The molecule has 1 N–H and O–H groups in total. The van der Waals surface area contributed by atoms with Crippen molar-refractivity contribution in [3.05, 3.63) is 23.9 Å². The van der Waals surface area contributed by atoms with Crippen molar-refractivity contribution in [2.75, 3.05) is 14.2 Å². The van der Waals surface area contributed by atoms with Crippen molar-refractivity contribution in [2.24, 2.45) is 0 Å². The van der Waals surface area contributed by atoms with Crippen LogP contribution in [0, 0.1) is 0 Å². The van der Waals surface area contributed by atoms with Gasteiger partial charge in [-0.15, -0.1) is 0 Å². The Morgan fingerprint density at radius 1 is 1.40 bits per heavy atom. The Bertz CT molecular complexity index is 339. The molecule has 82 valence electrons. The number of carbonyl (C=O) groups excluding carboxylic acids is 2. The lowest BCUT2D eigenvalue weighted by molar-refractivity contribution is -0.150. The summed E-state index contributed by atoms with van der Waals surface area (Å²) in [4.78, 5) is 22.1. The minimum atomic E-state index is -1.18. The highest BCUT2D eigenvalue weighted by Gasteiger charge is 2.35. The molecule has 0 bridgehead atoms. The van der Waals surface area contributed by atoms with E-state index in [0.717, 1.165) is 0 Å². The molecule has 15 heavy (non-hydrogen) atoms. The van der Waals surface area contributed by atoms with Crippen LogP contribution in [0.1, 0.15) is 6.92 Å². The second kappa shape index (κ2) is 4.37. The van der Waals surface area contributed by atoms with Crippen molar-refractivity contribution in [3.63, 3.8) is 0 Å². The molecule has 5 heteroatoms. The first-order valence-electron chi connectivity index (χ1n) is 4.37. The molecule has 0 heterocycles. The Balaban J connectivity index is 3.04. The van der Waals surface area contributed by atoms with Crippen molar-refractivity contribution >= 4 is 11.7 Å². The van der Waals surface area contributed by atoms with E-state index in [1.165, 1.54) is 39.4 Å². The number of ether oxygens (including phenoxy) is 2. The van der Waals surface area contributed by atoms with E-state index in [-0.39, 0.29) is 17.4 Å². The summed E-state index contributed by atoms with van der Waals surface area (Å²) in [5, 5.41) is 2.50. The zero-order valence-corrected chi connectivity index (χ0v) is 8.87. The first kappa shape index (κ1) is 11.6. The molecule has 0 aromatic heterocycles. The standard InChI is InChI=1S/C10H13NO4/c1-7(12)11-9-6-8(13)4-5-10(9,14-2)15-3/h4-6H,1-3H3,(H,11,12). The van der Waals surface area contributed by atoms with Crippen LogP contribution in [0.2, 0.25) is 0 Å². The highest BCUT2D eigenvalue weighted by molar-refractivity contribution is 6.01. The second-order valence-electron chi connectivity index (χ2n) is 3.05. The summed E-state index contributed by atoms with van der Waals surface area (Å²) >= 11 is 0. The maximum Gasteiger partial charge on any atom is 0.230 e. The first-order chi connectivity index (χ1) is 7.04. The molecular formula is C10H13NO4. The third kappa shape index (κ3) is 2.31. The van der Waals surface area contributed by atoms with Crippen molar-refractivity contribution in [1.82, 2.24) is 5.32 Å². The number of carbonyl (C=O) groups is 2. The molecule has 1 aliphatic rings. The van der Waals surface area contributed by atoms with Gasteiger partial charge in [-0.25, -0.2) is 0 Å². The molecule has 0 atom stereocenters. The van der Waals surface area contributed by atoms with Gasteiger partial charge < -0.3 is 14.8 Å². The van der Waals surface area contributed by atoms with Crippen LogP contribution in [0.5, 0.6) is 0 Å². The number of ketones is 1. The van der Waals surface area contributed by atoms with Crippen molar-refractivity contribution in [1.29, 1.82) is 0 Å². The number of methoxy groups -OCH3 is 2. The van der Waals surface area contributed by atoms with Crippen LogP contribution < -0.4 is 5.32 Å². The van der Waals surface area contributed by atoms with Crippen LogP contribution in [0.3, 0.4) is 0 Å². The fourth-order valence-electron chi connectivity index (χ4n) is 1.32. The van der Waals surface area contributed by atoms with E-state index in [0.29, 0.717) is 0 Å². The quantitative estimate of drug-likeness (QED) is 0.674. The third-order valence-electron chi connectivity index (χ3n) is 2.05. The maximum atomic E-state index is 11.1. The van der Waals surface area contributed by atoms with Gasteiger partial charge in [0.15, 0.2) is 5.78 Å². The SMILES string of the molecule is COC1(OC)C=CC(=O)C=C1NC(C)=O. The topological polar surface area (TPSA) is 64.6 Å². The summed E-state index contributed by atoms with van der Waals surface area (Å²) in [7, 11) is 2.86. The van der Waals surface area contributed by atoms with Gasteiger partial charge >= 0.3 is 0 Å². The lowest BCUT2D eigenvalue weighted by Crippen LogP contribution is -2.43. The van der Waals surface area contributed by atoms with Crippen molar-refractivity contribution in [2.45, 2.75) is 12.7 Å². The highest BCUT2D eigenvalue weighted by Crippen LogP contribution is 2.25. The van der Waals surface area contributed by atoms with Gasteiger partial charge in [0.2, 0.25) is 11.7 Å². The van der Waals surface area contributed by atoms with E-state index in [1.54, 1.807) is 0 Å². The second-order valence-corrected chi connectivity index (χ2v) is 3.05. The van der Waals surface area contributed by atoms with E-state index >= 15 is 0 Å². The number of amides is 1. The minimum Gasteiger partial charge on any atom is -0.345 e. The van der Waals surface area contributed by atoms with Gasteiger partial charge in [0.25, 0.3) is 0 Å². The van der Waals surface area contributed by atoms with Gasteiger partial charge in [0.1, 0.15) is 0 Å². The largest absolute Gasteiger partial charge is 0.345 e. The van der Waals surface area contributed by atoms with Crippen LogP contribution in [-0.2, 0) is 19.1 Å². The lowest BCUT2D eigenvalue weighted by atomic mass is 10.0. The molecule has 5 nitrogen and oxygen atoms in total. The Labute approximate surface area is 87.7 Å². The minimum absolute atomic E-state index is 0.219. The summed E-state index contributed by atoms with van der Waals surface area (Å²) in [6.45, 7) is 1.35. The van der Waals surface area contributed by atoms with Gasteiger partial charge in [-0.05, 0) is 12.2 Å². The van der Waals surface area contributed by atoms with Crippen molar-refractivity contribution < 1.29 is 19.1 Å². The summed E-state index contributed by atoms with van der Waals surface area (Å²) in [5.41, 5.74) is 0.285. The number of rotatable bonds is 3. The molecule has 1 rings (SSSR count). The van der Waals surface area contributed by atoms with Crippen molar-refractivity contribution in [3.8, 4) is 0 Å². The van der Waals surface area contributed by atoms with Gasteiger partial charge in [0, 0.05) is 27.2 Å². The summed E-state index contributed by atoms with van der Waals surface area (Å²) in [6.07, 6.45) is 4.06. The fourth-order valence-corrected chi connectivity index (χ4v) is 1.32. The van der Waals surface area contributed by atoms with E-state index < -0.39 is 5.79 Å². The molecule has 0 fully saturated rings. The predicted octanol–water partition coefficient (Wildman–Crippen LogP) is 0.134. The van der Waals surface area contributed by atoms with Crippen LogP contribution in [0.15, 0.2) is 23.9 Å². The lowest BCUT2D eigenvalue weighted by Gasteiger charge is -2.31. The normalized spacial score (nSPS) is 18.6. The van der Waals surface area contributed by atoms with E-state index in [9.17, 15) is 9.59 Å². The number of allylic oxidation sites excluding steroid dienone is 2. The molecule has 0 saturated carbocycles. The molecule has 0 aromatic rings. The Kier molecular flexibility index (Phi) is 3.39. The number of hydrogen-bond donors (Lipinski definition) is 1. The maximum absolute atomic E-state index is 11.1. The Morgan fingerprint density at radius 3 is 2.47 bits per heavy atom. The average molecular weight is 211 g/mol. The van der Waals surface area contributed by atoms with Crippen LogP contribution in [-0.4, -0.2) is 31.7 Å². The summed E-state index contributed by atoms with van der Waals surface area (Å²) < 4.78 is 10.3. The molecule has 1 aliphatic carbocycles. The van der Waals surface area contributed by atoms with Gasteiger partial charge in [-0.2, -0.15) is 0 Å².